The summed E-state index contributed by atoms with van der Waals surface area (Å²) in [5.41, 5.74) is 0.294. The Balaban J connectivity index is 2.21. The first-order valence-electron chi connectivity index (χ1n) is 8.69. The number of hydrogen-bond acceptors (Lipinski definition) is 6. The monoisotopic (exact) mass is 396 g/mol. The number of benzene rings is 1. The van der Waals surface area contributed by atoms with Gasteiger partial charge in [0.1, 0.15) is 12.2 Å². The normalized spacial score (nSPS) is 12.0. The number of alkyl carbamates (subject to hydrolysis) is 2. The van der Waals surface area contributed by atoms with Crippen molar-refractivity contribution in [2.45, 2.75) is 45.9 Å². The number of ketones is 1. The maximum Gasteiger partial charge on any atom is 0.408 e. The molecule has 0 aliphatic heterocycles. The molecule has 1 aromatic rings. The quantitative estimate of drug-likeness (QED) is 0.623. The fourth-order valence-electron chi connectivity index (χ4n) is 1.91. The highest BCUT2D eigenvalue weighted by Gasteiger charge is 2.21. The van der Waals surface area contributed by atoms with Gasteiger partial charge < -0.3 is 20.1 Å². The van der Waals surface area contributed by atoms with E-state index >= 15 is 0 Å². The number of Topliss-reactive ketones (excluding diaryl/α,β-unsaturated/α-hetero) is 1. The van der Waals surface area contributed by atoms with E-state index in [1.54, 1.807) is 20.8 Å². The Morgan fingerprint density at radius 3 is 2.37 bits per heavy atom. The molecule has 7 nitrogen and oxygen atoms in total. The number of hydrogen-bond donors (Lipinski definition) is 2. The molecule has 1 atom stereocenters. The summed E-state index contributed by atoms with van der Waals surface area (Å²) < 4.78 is 10.3. The van der Waals surface area contributed by atoms with Crippen molar-refractivity contribution in [3.63, 3.8) is 0 Å². The van der Waals surface area contributed by atoms with E-state index in [9.17, 15) is 14.4 Å². The average Bonchev–Trinajstić information content (AvgIpc) is 2.57. The maximum atomic E-state index is 11.8. The van der Waals surface area contributed by atoms with Gasteiger partial charge >= 0.3 is 12.2 Å². The number of carbonyl (C=O) groups excluding carboxylic acids is 3. The lowest BCUT2D eigenvalue weighted by Crippen LogP contribution is -2.44. The van der Waals surface area contributed by atoms with Crippen LogP contribution in [0.25, 0.3) is 0 Å². The lowest BCUT2D eigenvalue weighted by Gasteiger charge is -2.22. The van der Waals surface area contributed by atoms with Crippen molar-refractivity contribution < 1.29 is 23.9 Å². The van der Waals surface area contributed by atoms with Crippen LogP contribution in [0.3, 0.4) is 0 Å². The average molecular weight is 397 g/mol. The molecule has 1 aromatic carbocycles. The first-order chi connectivity index (χ1) is 12.7. The van der Waals surface area contributed by atoms with E-state index in [1.165, 1.54) is 18.7 Å². The van der Waals surface area contributed by atoms with E-state index in [4.69, 9.17) is 9.47 Å². The summed E-state index contributed by atoms with van der Waals surface area (Å²) in [5, 5.41) is 5.22. The van der Waals surface area contributed by atoms with E-state index in [0.717, 1.165) is 5.56 Å². The molecule has 0 saturated carbocycles. The van der Waals surface area contributed by atoms with Gasteiger partial charge in [-0.05, 0) is 33.3 Å². The SMILES string of the molecule is CC(=O)[C@H](CSCCNC(=O)OCc1ccccc1)NC(=O)OC(C)(C)C. The van der Waals surface area contributed by atoms with E-state index in [-0.39, 0.29) is 12.4 Å². The molecule has 0 radical (unpaired) electrons. The molecule has 0 aliphatic rings. The van der Waals surface area contributed by atoms with Crippen LogP contribution in [0.2, 0.25) is 0 Å². The van der Waals surface area contributed by atoms with Gasteiger partial charge in [-0.15, -0.1) is 0 Å². The maximum absolute atomic E-state index is 11.8. The zero-order valence-corrected chi connectivity index (χ0v) is 17.1. The molecule has 8 heteroatoms. The van der Waals surface area contributed by atoms with Crippen molar-refractivity contribution in [1.29, 1.82) is 0 Å². The van der Waals surface area contributed by atoms with Crippen LogP contribution in [0.15, 0.2) is 30.3 Å². The molecular weight excluding hydrogens is 368 g/mol. The number of thioether (sulfide) groups is 1. The number of nitrogens with one attached hydrogen (secondary N) is 2. The van der Waals surface area contributed by atoms with Gasteiger partial charge in [-0.25, -0.2) is 9.59 Å². The first kappa shape index (κ1) is 22.8. The molecule has 2 N–H and O–H groups in total. The Hall–Kier alpha value is -2.22. The smallest absolute Gasteiger partial charge is 0.408 e. The van der Waals surface area contributed by atoms with Crippen molar-refractivity contribution >= 4 is 29.7 Å². The molecule has 150 valence electrons. The second-order valence-corrected chi connectivity index (χ2v) is 8.02. The number of amides is 2. The molecule has 0 fully saturated rings. The standard InChI is InChI=1S/C19H28N2O5S/c1-14(22)16(21-18(24)26-19(2,3)4)13-27-11-10-20-17(23)25-12-15-8-6-5-7-9-15/h5-9,16H,10-13H2,1-4H3,(H,20,23)(H,21,24)/t16-/m0/s1. The number of ether oxygens (including phenoxy) is 2. The third-order valence-electron chi connectivity index (χ3n) is 3.19. The van der Waals surface area contributed by atoms with E-state index in [2.05, 4.69) is 10.6 Å². The lowest BCUT2D eigenvalue weighted by atomic mass is 10.2. The summed E-state index contributed by atoms with van der Waals surface area (Å²) in [6.07, 6.45) is -1.11. The van der Waals surface area contributed by atoms with Crippen LogP contribution in [0.4, 0.5) is 9.59 Å². The van der Waals surface area contributed by atoms with Gasteiger partial charge in [0.25, 0.3) is 0 Å². The van der Waals surface area contributed by atoms with Crippen LogP contribution in [0, 0.1) is 0 Å². The van der Waals surface area contributed by atoms with Crippen molar-refractivity contribution in [3.8, 4) is 0 Å². The molecule has 0 aliphatic carbocycles. The van der Waals surface area contributed by atoms with Crippen LogP contribution in [0.5, 0.6) is 0 Å². The predicted octanol–water partition coefficient (Wildman–Crippen LogP) is 3.13. The third-order valence-corrected chi connectivity index (χ3v) is 4.26. The van der Waals surface area contributed by atoms with Crippen molar-refractivity contribution in [1.82, 2.24) is 10.6 Å². The van der Waals surface area contributed by atoms with Crippen LogP contribution in [-0.2, 0) is 20.9 Å². The zero-order valence-electron chi connectivity index (χ0n) is 16.2. The van der Waals surface area contributed by atoms with Crippen molar-refractivity contribution in [2.75, 3.05) is 18.1 Å². The second kappa shape index (κ2) is 11.5. The van der Waals surface area contributed by atoms with Gasteiger partial charge in [-0.3, -0.25) is 4.79 Å². The zero-order chi connectivity index (χ0) is 20.3. The molecule has 0 aromatic heterocycles. The van der Waals surface area contributed by atoms with Crippen molar-refractivity contribution in [2.24, 2.45) is 0 Å². The Kier molecular flexibility index (Phi) is 9.71. The minimum absolute atomic E-state index is 0.149. The lowest BCUT2D eigenvalue weighted by molar-refractivity contribution is -0.118. The summed E-state index contributed by atoms with van der Waals surface area (Å²) in [4.78, 5) is 35.1. The highest BCUT2D eigenvalue weighted by Crippen LogP contribution is 2.09. The van der Waals surface area contributed by atoms with E-state index < -0.39 is 23.8 Å². The summed E-state index contributed by atoms with van der Waals surface area (Å²) in [6.45, 7) is 7.30. The van der Waals surface area contributed by atoms with Gasteiger partial charge in [0.15, 0.2) is 5.78 Å². The Labute approximate surface area is 164 Å². The van der Waals surface area contributed by atoms with Gasteiger partial charge in [-0.1, -0.05) is 30.3 Å². The van der Waals surface area contributed by atoms with Crippen LogP contribution in [0.1, 0.15) is 33.3 Å². The minimum Gasteiger partial charge on any atom is -0.445 e. The van der Waals surface area contributed by atoms with Crippen LogP contribution < -0.4 is 10.6 Å². The topological polar surface area (TPSA) is 93.7 Å². The molecular formula is C19H28N2O5S. The van der Waals surface area contributed by atoms with Crippen LogP contribution in [-0.4, -0.2) is 47.7 Å². The molecule has 0 unspecified atom stereocenters. The van der Waals surface area contributed by atoms with Crippen LogP contribution >= 0.6 is 11.8 Å². The number of carbonyl (C=O) groups is 3. The third kappa shape index (κ3) is 11.2. The fourth-order valence-corrected chi connectivity index (χ4v) is 2.88. The highest BCUT2D eigenvalue weighted by molar-refractivity contribution is 7.99. The van der Waals surface area contributed by atoms with Crippen molar-refractivity contribution in [3.05, 3.63) is 35.9 Å². The highest BCUT2D eigenvalue weighted by atomic mass is 32.2. The van der Waals surface area contributed by atoms with E-state index in [0.29, 0.717) is 18.1 Å². The second-order valence-electron chi connectivity index (χ2n) is 6.87. The van der Waals surface area contributed by atoms with E-state index in [1.807, 2.05) is 30.3 Å². The van der Waals surface area contributed by atoms with Gasteiger partial charge in [0.05, 0.1) is 6.04 Å². The van der Waals surface area contributed by atoms with Gasteiger partial charge in [-0.2, -0.15) is 11.8 Å². The molecule has 27 heavy (non-hydrogen) atoms. The first-order valence-corrected chi connectivity index (χ1v) is 9.85. The molecule has 0 spiro atoms. The summed E-state index contributed by atoms with van der Waals surface area (Å²) in [7, 11) is 0. The summed E-state index contributed by atoms with van der Waals surface area (Å²) in [5.74, 6) is 0.832. The fraction of sp³-hybridized carbons (Fsp3) is 0.526. The molecule has 0 bridgehead atoms. The predicted molar refractivity (Wildman–Crippen MR) is 106 cm³/mol. The van der Waals surface area contributed by atoms with Gasteiger partial charge in [0.2, 0.25) is 0 Å². The number of rotatable bonds is 9. The Morgan fingerprint density at radius 1 is 1.11 bits per heavy atom. The molecule has 2 amide bonds. The molecule has 0 heterocycles. The Bertz CT molecular complexity index is 616. The minimum atomic E-state index is -0.630. The van der Waals surface area contributed by atoms with Gasteiger partial charge in [0, 0.05) is 18.1 Å². The summed E-state index contributed by atoms with van der Waals surface area (Å²) >= 11 is 1.44. The largest absolute Gasteiger partial charge is 0.445 e. The molecule has 0 saturated heterocycles. The summed E-state index contributed by atoms with van der Waals surface area (Å²) in [6, 6.07) is 8.78. The molecule has 1 rings (SSSR count). The Morgan fingerprint density at radius 2 is 1.78 bits per heavy atom.